The molecule has 114 valence electrons. The molecule has 2 aliphatic rings. The molecule has 4 atom stereocenters. The monoisotopic (exact) mass is 282 g/mol. The van der Waals surface area contributed by atoms with Crippen LogP contribution in [-0.2, 0) is 14.3 Å². The van der Waals surface area contributed by atoms with Crippen molar-refractivity contribution in [2.45, 2.75) is 58.7 Å². The van der Waals surface area contributed by atoms with Gasteiger partial charge in [-0.05, 0) is 37.5 Å². The molecule has 1 N–H and O–H groups in total. The summed E-state index contributed by atoms with van der Waals surface area (Å²) in [6.07, 6.45) is 3.68. The zero-order valence-corrected chi connectivity index (χ0v) is 12.9. The Morgan fingerprint density at radius 2 is 2.15 bits per heavy atom. The molecule has 0 amide bonds. The first-order valence-corrected chi connectivity index (χ1v) is 7.32. The summed E-state index contributed by atoms with van der Waals surface area (Å²) >= 11 is 0. The number of ether oxygens (including phenoxy) is 2. The van der Waals surface area contributed by atoms with Crippen LogP contribution in [0.3, 0.4) is 0 Å². The van der Waals surface area contributed by atoms with E-state index in [1.165, 1.54) is 6.42 Å². The van der Waals surface area contributed by atoms with Crippen LogP contribution >= 0.6 is 0 Å². The van der Waals surface area contributed by atoms with Gasteiger partial charge in [-0.2, -0.15) is 0 Å². The quantitative estimate of drug-likeness (QED) is 0.478. The van der Waals surface area contributed by atoms with Crippen LogP contribution in [-0.4, -0.2) is 29.6 Å². The first-order valence-electron chi connectivity index (χ1n) is 7.32. The molecule has 2 saturated carbocycles. The van der Waals surface area contributed by atoms with Gasteiger partial charge in [-0.15, -0.1) is 0 Å². The average Bonchev–Trinajstić information content (AvgIpc) is 2.70. The van der Waals surface area contributed by atoms with Crippen molar-refractivity contribution in [3.05, 3.63) is 12.7 Å². The van der Waals surface area contributed by atoms with E-state index >= 15 is 0 Å². The largest absolute Gasteiger partial charge is 0.435 e. The van der Waals surface area contributed by atoms with Gasteiger partial charge in [-0.3, -0.25) is 0 Å². The van der Waals surface area contributed by atoms with Crippen LogP contribution in [0.2, 0.25) is 0 Å². The minimum Gasteiger partial charge on any atom is -0.435 e. The zero-order valence-electron chi connectivity index (χ0n) is 12.9. The normalized spacial score (nSPS) is 39.5. The summed E-state index contributed by atoms with van der Waals surface area (Å²) in [6.45, 7) is 11.7. The van der Waals surface area contributed by atoms with Crippen molar-refractivity contribution >= 4 is 5.97 Å². The molecule has 0 aromatic carbocycles. The Labute approximate surface area is 121 Å². The Morgan fingerprint density at radius 1 is 1.50 bits per heavy atom. The Kier molecular flexibility index (Phi) is 3.76. The van der Waals surface area contributed by atoms with Crippen molar-refractivity contribution in [1.82, 2.24) is 0 Å². The molecule has 0 spiro atoms. The Balaban J connectivity index is 2.05. The molecule has 2 fully saturated rings. The van der Waals surface area contributed by atoms with E-state index in [4.69, 9.17) is 9.47 Å². The molecule has 20 heavy (non-hydrogen) atoms. The SMILES string of the molecule is C=CC(=O)OCOC(C)[C@@]1(O)C[C@H]2CC[C@]1(C)C2(C)C. The highest BCUT2D eigenvalue weighted by Gasteiger charge is 2.70. The number of esters is 1. The van der Waals surface area contributed by atoms with Gasteiger partial charge < -0.3 is 14.6 Å². The van der Waals surface area contributed by atoms with Gasteiger partial charge in [0.05, 0.1) is 11.7 Å². The van der Waals surface area contributed by atoms with Crippen LogP contribution < -0.4 is 0 Å². The summed E-state index contributed by atoms with van der Waals surface area (Å²) in [5, 5.41) is 11.2. The minimum absolute atomic E-state index is 0.108. The molecule has 4 nitrogen and oxygen atoms in total. The van der Waals surface area contributed by atoms with Gasteiger partial charge in [0.1, 0.15) is 0 Å². The third-order valence-corrected chi connectivity index (χ3v) is 6.31. The lowest BCUT2D eigenvalue weighted by molar-refractivity contribution is -0.202. The number of carbonyl (C=O) groups excluding carboxylic acids is 1. The molecule has 4 heteroatoms. The topological polar surface area (TPSA) is 55.8 Å². The van der Waals surface area contributed by atoms with Gasteiger partial charge in [-0.1, -0.05) is 27.4 Å². The molecule has 0 saturated heterocycles. The van der Waals surface area contributed by atoms with Crippen LogP contribution in [0, 0.1) is 16.7 Å². The maximum Gasteiger partial charge on any atom is 0.332 e. The molecule has 0 heterocycles. The molecule has 0 aromatic heterocycles. The Bertz CT molecular complexity index is 417. The van der Waals surface area contributed by atoms with Gasteiger partial charge in [0.15, 0.2) is 6.79 Å². The molecular formula is C16H26O4. The summed E-state index contributed by atoms with van der Waals surface area (Å²) in [5.41, 5.74) is -0.913. The number of carbonyl (C=O) groups is 1. The van der Waals surface area contributed by atoms with Gasteiger partial charge in [0, 0.05) is 11.5 Å². The number of hydrogen-bond acceptors (Lipinski definition) is 4. The van der Waals surface area contributed by atoms with Crippen molar-refractivity contribution < 1.29 is 19.4 Å². The lowest BCUT2D eigenvalue weighted by Gasteiger charge is -2.48. The molecule has 1 unspecified atom stereocenters. The third-order valence-electron chi connectivity index (χ3n) is 6.31. The number of rotatable bonds is 5. The van der Waals surface area contributed by atoms with E-state index in [1.807, 2.05) is 6.92 Å². The van der Waals surface area contributed by atoms with Crippen LogP contribution in [0.5, 0.6) is 0 Å². The maximum absolute atomic E-state index is 11.2. The molecular weight excluding hydrogens is 256 g/mol. The van der Waals surface area contributed by atoms with E-state index < -0.39 is 11.6 Å². The maximum atomic E-state index is 11.2. The van der Waals surface area contributed by atoms with Crippen molar-refractivity contribution in [3.8, 4) is 0 Å². The van der Waals surface area contributed by atoms with Crippen molar-refractivity contribution in [3.63, 3.8) is 0 Å². The van der Waals surface area contributed by atoms with E-state index in [1.54, 1.807) is 0 Å². The first kappa shape index (κ1) is 15.5. The first-order chi connectivity index (χ1) is 9.19. The van der Waals surface area contributed by atoms with Gasteiger partial charge in [0.2, 0.25) is 0 Å². The molecule has 0 radical (unpaired) electrons. The molecule has 0 aromatic rings. The standard InChI is InChI=1S/C16H26O4/c1-6-13(17)20-10-19-11(2)16(18)9-12-7-8-15(16,5)14(12,3)4/h6,11-12,18H,1,7-10H2,2-5H3/t11?,12-,15-,16+/m1/s1. The number of fused-ring (bicyclic) bond motifs is 2. The average molecular weight is 282 g/mol. The highest BCUT2D eigenvalue weighted by atomic mass is 16.7. The second kappa shape index (κ2) is 4.85. The third kappa shape index (κ3) is 1.92. The lowest BCUT2D eigenvalue weighted by atomic mass is 9.63. The van der Waals surface area contributed by atoms with E-state index in [-0.39, 0.29) is 23.7 Å². The summed E-state index contributed by atoms with van der Waals surface area (Å²) in [6, 6.07) is 0. The fourth-order valence-corrected chi connectivity index (χ4v) is 4.33. The Morgan fingerprint density at radius 3 is 2.60 bits per heavy atom. The zero-order chi connectivity index (χ0) is 15.2. The smallest absolute Gasteiger partial charge is 0.332 e. The van der Waals surface area contributed by atoms with Crippen molar-refractivity contribution in [2.24, 2.45) is 16.7 Å². The highest BCUT2D eigenvalue weighted by Crippen LogP contribution is 2.70. The van der Waals surface area contributed by atoms with Gasteiger partial charge in [0.25, 0.3) is 0 Å². The fraction of sp³-hybridized carbons (Fsp3) is 0.812. The van der Waals surface area contributed by atoms with E-state index in [2.05, 4.69) is 27.4 Å². The minimum atomic E-state index is -0.861. The fourth-order valence-electron chi connectivity index (χ4n) is 4.33. The molecule has 2 rings (SSSR count). The van der Waals surface area contributed by atoms with E-state index in [0.29, 0.717) is 5.92 Å². The summed E-state index contributed by atoms with van der Waals surface area (Å²) < 4.78 is 10.4. The lowest BCUT2D eigenvalue weighted by Crippen LogP contribution is -2.55. The van der Waals surface area contributed by atoms with Gasteiger partial charge >= 0.3 is 5.97 Å². The second-order valence-electron chi connectivity index (χ2n) is 7.01. The predicted octanol–water partition coefficient (Wildman–Crippen LogP) is 2.66. The number of hydrogen-bond donors (Lipinski definition) is 1. The van der Waals surface area contributed by atoms with Crippen molar-refractivity contribution in [1.29, 1.82) is 0 Å². The highest BCUT2D eigenvalue weighted by molar-refractivity contribution is 5.81. The molecule has 0 aliphatic heterocycles. The van der Waals surface area contributed by atoms with Crippen LogP contribution in [0.4, 0.5) is 0 Å². The van der Waals surface area contributed by atoms with Crippen LogP contribution in [0.25, 0.3) is 0 Å². The van der Waals surface area contributed by atoms with Crippen molar-refractivity contribution in [2.75, 3.05) is 6.79 Å². The second-order valence-corrected chi connectivity index (χ2v) is 7.01. The van der Waals surface area contributed by atoms with Gasteiger partial charge in [-0.25, -0.2) is 4.79 Å². The van der Waals surface area contributed by atoms with E-state index in [0.717, 1.165) is 18.9 Å². The molecule has 2 aliphatic carbocycles. The predicted molar refractivity (Wildman–Crippen MR) is 75.9 cm³/mol. The molecule has 2 bridgehead atoms. The number of aliphatic hydroxyl groups is 1. The summed E-state index contributed by atoms with van der Waals surface area (Å²) in [7, 11) is 0. The Hall–Kier alpha value is -0.870. The summed E-state index contributed by atoms with van der Waals surface area (Å²) in [4.78, 5) is 11.0. The van der Waals surface area contributed by atoms with Crippen LogP contribution in [0.1, 0.15) is 47.0 Å². The summed E-state index contributed by atoms with van der Waals surface area (Å²) in [5.74, 6) is 0.0166. The van der Waals surface area contributed by atoms with E-state index in [9.17, 15) is 9.90 Å². The van der Waals surface area contributed by atoms with Crippen LogP contribution in [0.15, 0.2) is 12.7 Å².